The van der Waals surface area contributed by atoms with Crippen LogP contribution in [0.15, 0.2) is 69.5 Å². The SMILES string of the molecule is Cc1ccc2c(oc3ccccc32)c1-c1sc2oc3ccccc3c2[n+]1C. The van der Waals surface area contributed by atoms with E-state index >= 15 is 0 Å². The molecule has 0 fully saturated rings. The van der Waals surface area contributed by atoms with Crippen LogP contribution in [0.1, 0.15) is 5.56 Å². The number of aryl methyl sites for hydroxylation is 2. The molecule has 3 heterocycles. The topological polar surface area (TPSA) is 30.2 Å². The van der Waals surface area contributed by atoms with Gasteiger partial charge in [-0.15, -0.1) is 0 Å². The summed E-state index contributed by atoms with van der Waals surface area (Å²) in [6, 6.07) is 20.8. The molecule has 0 aliphatic heterocycles. The van der Waals surface area contributed by atoms with E-state index in [2.05, 4.69) is 54.9 Å². The lowest BCUT2D eigenvalue weighted by molar-refractivity contribution is -0.628. The monoisotopic (exact) mass is 370 g/mol. The van der Waals surface area contributed by atoms with Gasteiger partial charge >= 0.3 is 0 Å². The number of fused-ring (bicyclic) bond motifs is 6. The zero-order chi connectivity index (χ0) is 18.1. The number of hydrogen-bond acceptors (Lipinski definition) is 3. The summed E-state index contributed by atoms with van der Waals surface area (Å²) in [7, 11) is 2.11. The average Bonchev–Trinajstić information content (AvgIpc) is 3.32. The Hall–Kier alpha value is -3.11. The second kappa shape index (κ2) is 5.21. The van der Waals surface area contributed by atoms with E-state index in [1.807, 2.05) is 24.3 Å². The summed E-state index contributed by atoms with van der Waals surface area (Å²) >= 11 is 1.68. The Labute approximate surface area is 159 Å². The number of aromatic nitrogens is 1. The van der Waals surface area contributed by atoms with E-state index in [9.17, 15) is 0 Å². The van der Waals surface area contributed by atoms with Gasteiger partial charge < -0.3 is 8.83 Å². The van der Waals surface area contributed by atoms with Crippen molar-refractivity contribution >= 4 is 54.7 Å². The highest BCUT2D eigenvalue weighted by Crippen LogP contribution is 2.41. The van der Waals surface area contributed by atoms with Gasteiger partial charge in [-0.1, -0.05) is 42.5 Å². The van der Waals surface area contributed by atoms with Crippen LogP contribution in [0.25, 0.3) is 53.9 Å². The van der Waals surface area contributed by atoms with Gasteiger partial charge in [-0.2, -0.15) is 4.57 Å². The van der Waals surface area contributed by atoms with Crippen LogP contribution in [0.5, 0.6) is 0 Å². The fourth-order valence-electron chi connectivity index (χ4n) is 4.03. The fraction of sp³-hybridized carbons (Fsp3) is 0.0870. The Morgan fingerprint density at radius 3 is 2.30 bits per heavy atom. The molecule has 6 aromatic rings. The second-order valence-corrected chi connectivity index (χ2v) is 7.89. The van der Waals surface area contributed by atoms with E-state index in [1.165, 1.54) is 5.56 Å². The van der Waals surface area contributed by atoms with E-state index in [0.717, 1.165) is 53.9 Å². The molecule has 0 atom stereocenters. The average molecular weight is 370 g/mol. The van der Waals surface area contributed by atoms with Crippen molar-refractivity contribution in [3.63, 3.8) is 0 Å². The number of nitrogens with zero attached hydrogens (tertiary/aromatic N) is 1. The number of thiazole rings is 1. The third kappa shape index (κ3) is 1.93. The van der Waals surface area contributed by atoms with Crippen LogP contribution in [0, 0.1) is 6.92 Å². The van der Waals surface area contributed by atoms with Gasteiger partial charge in [0.2, 0.25) is 0 Å². The van der Waals surface area contributed by atoms with Crippen molar-refractivity contribution in [2.45, 2.75) is 6.92 Å². The Balaban J connectivity index is 1.75. The normalized spacial score (nSPS) is 12.1. The van der Waals surface area contributed by atoms with Gasteiger partial charge in [0.25, 0.3) is 15.4 Å². The molecule has 0 spiro atoms. The van der Waals surface area contributed by atoms with Gasteiger partial charge in [-0.3, -0.25) is 0 Å². The zero-order valence-electron chi connectivity index (χ0n) is 14.9. The van der Waals surface area contributed by atoms with E-state index in [1.54, 1.807) is 11.3 Å². The molecule has 0 unspecified atom stereocenters. The Morgan fingerprint density at radius 2 is 1.48 bits per heavy atom. The van der Waals surface area contributed by atoms with E-state index < -0.39 is 0 Å². The van der Waals surface area contributed by atoms with Crippen LogP contribution >= 0.6 is 11.3 Å². The second-order valence-electron chi connectivity index (χ2n) is 6.93. The van der Waals surface area contributed by atoms with Crippen LogP contribution in [-0.2, 0) is 7.05 Å². The van der Waals surface area contributed by atoms with Crippen molar-refractivity contribution in [3.05, 3.63) is 66.2 Å². The molecule has 0 radical (unpaired) electrons. The first-order valence-electron chi connectivity index (χ1n) is 8.93. The summed E-state index contributed by atoms with van der Waals surface area (Å²) in [5.41, 5.74) is 6.28. The van der Waals surface area contributed by atoms with Crippen molar-refractivity contribution in [2.24, 2.45) is 7.05 Å². The van der Waals surface area contributed by atoms with Crippen molar-refractivity contribution in [1.82, 2.24) is 0 Å². The highest BCUT2D eigenvalue weighted by Gasteiger charge is 2.28. The first-order chi connectivity index (χ1) is 13.2. The maximum atomic E-state index is 6.30. The number of para-hydroxylation sites is 2. The van der Waals surface area contributed by atoms with Crippen molar-refractivity contribution in [1.29, 1.82) is 0 Å². The number of furan rings is 2. The van der Waals surface area contributed by atoms with Crippen LogP contribution in [0.4, 0.5) is 0 Å². The van der Waals surface area contributed by atoms with Crippen LogP contribution in [-0.4, -0.2) is 0 Å². The maximum Gasteiger partial charge on any atom is 0.276 e. The minimum Gasteiger partial charge on any atom is -0.455 e. The maximum absolute atomic E-state index is 6.30. The molecule has 4 heteroatoms. The van der Waals surface area contributed by atoms with Crippen molar-refractivity contribution in [3.8, 4) is 10.6 Å². The van der Waals surface area contributed by atoms with Gasteiger partial charge in [-0.25, -0.2) is 0 Å². The molecule has 0 aliphatic rings. The third-order valence-electron chi connectivity index (χ3n) is 5.34. The third-order valence-corrected chi connectivity index (χ3v) is 6.47. The Morgan fingerprint density at radius 1 is 0.778 bits per heavy atom. The highest BCUT2D eigenvalue weighted by atomic mass is 32.1. The molecule has 0 bridgehead atoms. The molecular formula is C23H16NO2S+. The first kappa shape index (κ1) is 15.0. The molecule has 0 saturated heterocycles. The van der Waals surface area contributed by atoms with E-state index in [-0.39, 0.29) is 0 Å². The zero-order valence-corrected chi connectivity index (χ0v) is 15.8. The molecule has 27 heavy (non-hydrogen) atoms. The number of rotatable bonds is 1. The quantitative estimate of drug-likeness (QED) is 0.316. The molecule has 6 rings (SSSR count). The molecule has 0 amide bonds. The smallest absolute Gasteiger partial charge is 0.276 e. The largest absolute Gasteiger partial charge is 0.455 e. The number of hydrogen-bond donors (Lipinski definition) is 0. The molecule has 0 saturated carbocycles. The number of benzene rings is 3. The van der Waals surface area contributed by atoms with Crippen molar-refractivity contribution < 1.29 is 13.4 Å². The molecule has 130 valence electrons. The molecule has 3 aromatic heterocycles. The molecule has 3 aromatic carbocycles. The molecule has 3 nitrogen and oxygen atoms in total. The van der Waals surface area contributed by atoms with Crippen molar-refractivity contribution in [2.75, 3.05) is 0 Å². The summed E-state index contributed by atoms with van der Waals surface area (Å²) < 4.78 is 14.6. The van der Waals surface area contributed by atoms with Gasteiger partial charge in [0.05, 0.1) is 5.39 Å². The molecular weight excluding hydrogens is 354 g/mol. The minimum absolute atomic E-state index is 0.924. The predicted octanol–water partition coefficient (Wildman–Crippen LogP) is 6.35. The van der Waals surface area contributed by atoms with Crippen LogP contribution in [0.2, 0.25) is 0 Å². The van der Waals surface area contributed by atoms with Gasteiger partial charge in [0.1, 0.15) is 23.8 Å². The summed E-state index contributed by atoms with van der Waals surface area (Å²) in [4.78, 5) is 0.946. The van der Waals surface area contributed by atoms with E-state index in [0.29, 0.717) is 0 Å². The summed E-state index contributed by atoms with van der Waals surface area (Å²) in [5.74, 6) is 0. The Kier molecular flexibility index (Phi) is 2.89. The summed E-state index contributed by atoms with van der Waals surface area (Å²) in [5, 5.41) is 4.60. The molecule has 0 aliphatic carbocycles. The van der Waals surface area contributed by atoms with Crippen LogP contribution in [0.3, 0.4) is 0 Å². The lowest BCUT2D eigenvalue weighted by Crippen LogP contribution is -2.28. The summed E-state index contributed by atoms with van der Waals surface area (Å²) in [6.07, 6.45) is 0. The van der Waals surface area contributed by atoms with Crippen LogP contribution < -0.4 is 4.57 Å². The van der Waals surface area contributed by atoms with E-state index in [4.69, 9.17) is 8.83 Å². The van der Waals surface area contributed by atoms with Gasteiger partial charge in [0, 0.05) is 10.8 Å². The first-order valence-corrected chi connectivity index (χ1v) is 9.75. The summed E-state index contributed by atoms with van der Waals surface area (Å²) in [6.45, 7) is 2.14. The highest BCUT2D eigenvalue weighted by molar-refractivity contribution is 7.20. The standard InChI is InChI=1S/C23H16NO2S/c1-13-11-12-15-14-7-3-5-9-17(14)25-21(15)19(13)22-24(2)20-16-8-4-6-10-18(16)26-23(20)27-22/h3-12H,1-2H3/q+1. The lowest BCUT2D eigenvalue weighted by atomic mass is 10.0. The fourth-order valence-corrected chi connectivity index (χ4v) is 5.26. The Bertz CT molecular complexity index is 1500. The minimum atomic E-state index is 0.924. The predicted molar refractivity (Wildman–Crippen MR) is 110 cm³/mol. The molecule has 0 N–H and O–H groups in total. The van der Waals surface area contributed by atoms with Gasteiger partial charge in [0.15, 0.2) is 5.58 Å². The van der Waals surface area contributed by atoms with Gasteiger partial charge in [-0.05, 0) is 42.0 Å². The lowest BCUT2D eigenvalue weighted by Gasteiger charge is -2.02.